The first-order chi connectivity index (χ1) is 8.06. The number of nitrogens with two attached hydrogens (primary N) is 1. The van der Waals surface area contributed by atoms with Crippen LogP contribution < -0.4 is 5.73 Å². The molecule has 0 unspecified atom stereocenters. The number of anilines is 1. The van der Waals surface area contributed by atoms with Crippen molar-refractivity contribution in [2.24, 2.45) is 0 Å². The van der Waals surface area contributed by atoms with Crippen LogP contribution in [0.5, 0.6) is 0 Å². The largest absolute Gasteiger partial charge is 0.416 e. The maximum Gasteiger partial charge on any atom is 0.416 e. The summed E-state index contributed by atoms with van der Waals surface area (Å²) >= 11 is 0. The fourth-order valence-electron chi connectivity index (χ4n) is 2.32. The molecule has 1 aromatic carbocycles. The number of hydrogen-bond acceptors (Lipinski definition) is 2. The van der Waals surface area contributed by atoms with E-state index in [-0.39, 0.29) is 16.8 Å². The van der Waals surface area contributed by atoms with E-state index in [1.807, 2.05) is 0 Å². The van der Waals surface area contributed by atoms with E-state index in [1.165, 1.54) is 18.0 Å². The standard InChI is InChI=1S/C12H13F3N2O/c1-11(2)9-7(10(18)17(11)3)4-6(16)5-8(9)12(13,14)15/h4-5H,16H2,1-3H3. The summed E-state index contributed by atoms with van der Waals surface area (Å²) in [6, 6.07) is 2.19. The van der Waals surface area contributed by atoms with Crippen molar-refractivity contribution in [1.29, 1.82) is 0 Å². The normalized spacial score (nSPS) is 18.1. The van der Waals surface area contributed by atoms with Crippen molar-refractivity contribution in [3.63, 3.8) is 0 Å². The van der Waals surface area contributed by atoms with Gasteiger partial charge >= 0.3 is 6.18 Å². The lowest BCUT2D eigenvalue weighted by atomic mass is 9.88. The highest BCUT2D eigenvalue weighted by Crippen LogP contribution is 2.45. The van der Waals surface area contributed by atoms with Crippen LogP contribution in [0, 0.1) is 0 Å². The van der Waals surface area contributed by atoms with Crippen LogP contribution in [0.1, 0.15) is 35.3 Å². The molecule has 0 bridgehead atoms. The van der Waals surface area contributed by atoms with Gasteiger partial charge in [0.25, 0.3) is 5.91 Å². The second-order valence-electron chi connectivity index (χ2n) is 4.91. The summed E-state index contributed by atoms with van der Waals surface area (Å²) in [6.45, 7) is 3.17. The molecule has 18 heavy (non-hydrogen) atoms. The Morgan fingerprint density at radius 2 is 1.83 bits per heavy atom. The molecular weight excluding hydrogens is 245 g/mol. The molecule has 0 aromatic heterocycles. The highest BCUT2D eigenvalue weighted by Gasteiger charge is 2.47. The SMILES string of the molecule is CN1C(=O)c2cc(N)cc(C(F)(F)F)c2C1(C)C. The maximum absolute atomic E-state index is 13.0. The number of fused-ring (bicyclic) bond motifs is 1. The van der Waals surface area contributed by atoms with Crippen LogP contribution in [-0.4, -0.2) is 17.9 Å². The molecule has 0 spiro atoms. The van der Waals surface area contributed by atoms with Crippen molar-refractivity contribution in [3.05, 3.63) is 28.8 Å². The zero-order chi connectivity index (χ0) is 13.9. The van der Waals surface area contributed by atoms with E-state index < -0.39 is 23.2 Å². The number of nitrogen functional groups attached to an aromatic ring is 1. The molecule has 1 amide bonds. The Morgan fingerprint density at radius 1 is 1.28 bits per heavy atom. The number of halogens is 3. The summed E-state index contributed by atoms with van der Waals surface area (Å²) in [5, 5.41) is 0. The van der Waals surface area contributed by atoms with Crippen LogP contribution >= 0.6 is 0 Å². The van der Waals surface area contributed by atoms with Crippen molar-refractivity contribution in [3.8, 4) is 0 Å². The van der Waals surface area contributed by atoms with E-state index in [0.29, 0.717) is 0 Å². The van der Waals surface area contributed by atoms with Gasteiger partial charge in [0.1, 0.15) is 0 Å². The molecule has 0 saturated heterocycles. The molecule has 1 aliphatic rings. The molecule has 1 heterocycles. The summed E-state index contributed by atoms with van der Waals surface area (Å²) in [7, 11) is 1.48. The second-order valence-corrected chi connectivity index (χ2v) is 4.91. The number of rotatable bonds is 0. The lowest BCUT2D eigenvalue weighted by Gasteiger charge is -2.30. The van der Waals surface area contributed by atoms with Crippen LogP contribution in [0.25, 0.3) is 0 Å². The lowest BCUT2D eigenvalue weighted by Crippen LogP contribution is -2.36. The Balaban J connectivity index is 2.83. The van der Waals surface area contributed by atoms with Gasteiger partial charge in [-0.3, -0.25) is 4.79 Å². The van der Waals surface area contributed by atoms with E-state index >= 15 is 0 Å². The Morgan fingerprint density at radius 3 is 2.33 bits per heavy atom. The number of amides is 1. The zero-order valence-electron chi connectivity index (χ0n) is 10.2. The number of benzene rings is 1. The van der Waals surface area contributed by atoms with Gasteiger partial charge in [0.05, 0.1) is 11.1 Å². The molecule has 6 heteroatoms. The first kappa shape index (κ1) is 12.7. The molecule has 2 rings (SSSR count). The van der Waals surface area contributed by atoms with Gasteiger partial charge in [0, 0.05) is 23.9 Å². The Bertz CT molecular complexity index is 535. The second kappa shape index (κ2) is 3.40. The minimum absolute atomic E-state index is 0.00306. The number of carbonyl (C=O) groups is 1. The lowest BCUT2D eigenvalue weighted by molar-refractivity contribution is -0.139. The van der Waals surface area contributed by atoms with Crippen molar-refractivity contribution < 1.29 is 18.0 Å². The van der Waals surface area contributed by atoms with E-state index in [9.17, 15) is 18.0 Å². The van der Waals surface area contributed by atoms with Crippen LogP contribution in [0.3, 0.4) is 0 Å². The Kier molecular flexibility index (Phi) is 2.40. The molecule has 0 saturated carbocycles. The van der Waals surface area contributed by atoms with Crippen LogP contribution in [0.2, 0.25) is 0 Å². The van der Waals surface area contributed by atoms with E-state index in [2.05, 4.69) is 0 Å². The van der Waals surface area contributed by atoms with Gasteiger partial charge in [-0.2, -0.15) is 13.2 Å². The highest BCUT2D eigenvalue weighted by atomic mass is 19.4. The summed E-state index contributed by atoms with van der Waals surface area (Å²) < 4.78 is 39.1. The molecule has 98 valence electrons. The third-order valence-corrected chi connectivity index (χ3v) is 3.45. The average molecular weight is 258 g/mol. The fraction of sp³-hybridized carbons (Fsp3) is 0.417. The number of hydrogen-bond donors (Lipinski definition) is 1. The summed E-state index contributed by atoms with van der Waals surface area (Å²) in [4.78, 5) is 13.2. The van der Waals surface area contributed by atoms with Gasteiger partial charge in [-0.05, 0) is 26.0 Å². The zero-order valence-corrected chi connectivity index (χ0v) is 10.2. The number of nitrogens with zero attached hydrogens (tertiary/aromatic N) is 1. The fourth-order valence-corrected chi connectivity index (χ4v) is 2.32. The van der Waals surface area contributed by atoms with Gasteiger partial charge in [0.15, 0.2) is 0 Å². The topological polar surface area (TPSA) is 46.3 Å². The third-order valence-electron chi connectivity index (χ3n) is 3.45. The molecule has 2 N–H and O–H groups in total. The first-order valence-corrected chi connectivity index (χ1v) is 5.36. The van der Waals surface area contributed by atoms with Crippen molar-refractivity contribution in [2.45, 2.75) is 25.6 Å². The smallest absolute Gasteiger partial charge is 0.399 e. The van der Waals surface area contributed by atoms with Crippen molar-refractivity contribution >= 4 is 11.6 Å². The van der Waals surface area contributed by atoms with E-state index in [0.717, 1.165) is 6.07 Å². The van der Waals surface area contributed by atoms with Crippen LogP contribution in [-0.2, 0) is 11.7 Å². The van der Waals surface area contributed by atoms with Gasteiger partial charge < -0.3 is 10.6 Å². The monoisotopic (exact) mass is 258 g/mol. The highest BCUT2D eigenvalue weighted by molar-refractivity contribution is 6.01. The van der Waals surface area contributed by atoms with Crippen molar-refractivity contribution in [2.75, 3.05) is 12.8 Å². The molecule has 0 fully saturated rings. The predicted octanol–water partition coefficient (Wildman–Crippen LogP) is 2.61. The number of carbonyl (C=O) groups excluding carboxylic acids is 1. The molecule has 0 atom stereocenters. The molecule has 3 nitrogen and oxygen atoms in total. The molecule has 1 aromatic rings. The summed E-state index contributed by atoms with van der Waals surface area (Å²) in [5.74, 6) is -0.437. The third kappa shape index (κ3) is 1.55. The number of alkyl halides is 3. The maximum atomic E-state index is 13.0. The minimum Gasteiger partial charge on any atom is -0.399 e. The predicted molar refractivity (Wildman–Crippen MR) is 61.0 cm³/mol. The van der Waals surface area contributed by atoms with Gasteiger partial charge in [-0.25, -0.2) is 0 Å². The quantitative estimate of drug-likeness (QED) is 0.727. The Hall–Kier alpha value is -1.72. The minimum atomic E-state index is -4.53. The molecule has 0 aliphatic carbocycles. The van der Waals surface area contributed by atoms with Crippen LogP contribution in [0.15, 0.2) is 12.1 Å². The van der Waals surface area contributed by atoms with E-state index in [1.54, 1.807) is 13.8 Å². The molecular formula is C12H13F3N2O. The van der Waals surface area contributed by atoms with Gasteiger partial charge in [0.2, 0.25) is 0 Å². The molecule has 0 radical (unpaired) electrons. The average Bonchev–Trinajstić information content (AvgIpc) is 2.38. The molecule has 1 aliphatic heterocycles. The van der Waals surface area contributed by atoms with Crippen LogP contribution in [0.4, 0.5) is 18.9 Å². The van der Waals surface area contributed by atoms with Gasteiger partial charge in [-0.15, -0.1) is 0 Å². The van der Waals surface area contributed by atoms with E-state index in [4.69, 9.17) is 5.73 Å². The summed E-state index contributed by atoms with van der Waals surface area (Å²) in [6.07, 6.45) is -4.53. The van der Waals surface area contributed by atoms with Crippen molar-refractivity contribution in [1.82, 2.24) is 4.90 Å². The summed E-state index contributed by atoms with van der Waals surface area (Å²) in [5.41, 5.74) is 3.60. The first-order valence-electron chi connectivity index (χ1n) is 5.36. The Labute approximate surface area is 102 Å². The van der Waals surface area contributed by atoms with Gasteiger partial charge in [-0.1, -0.05) is 0 Å².